The second kappa shape index (κ2) is 10.1. The Labute approximate surface area is 187 Å². The SMILES string of the molecule is CCOc1ccc(/C=C2/SC(=NCc3ccccc3)N(Cc3ccccc3)C2=O)cc1. The Hall–Kier alpha value is -3.31. The predicted molar refractivity (Wildman–Crippen MR) is 128 cm³/mol. The van der Waals surface area contributed by atoms with Gasteiger partial charge in [0, 0.05) is 0 Å². The summed E-state index contributed by atoms with van der Waals surface area (Å²) in [7, 11) is 0. The van der Waals surface area contributed by atoms with Crippen LogP contribution in [0.5, 0.6) is 5.75 Å². The number of carbonyl (C=O) groups is 1. The monoisotopic (exact) mass is 428 g/mol. The van der Waals surface area contributed by atoms with Gasteiger partial charge in [-0.2, -0.15) is 0 Å². The molecule has 1 heterocycles. The number of carbonyl (C=O) groups excluding carboxylic acids is 1. The van der Waals surface area contributed by atoms with E-state index in [1.165, 1.54) is 11.8 Å². The van der Waals surface area contributed by atoms with E-state index in [9.17, 15) is 4.79 Å². The van der Waals surface area contributed by atoms with Gasteiger partial charge < -0.3 is 4.74 Å². The fourth-order valence-corrected chi connectivity index (χ4v) is 4.23. The molecule has 0 spiro atoms. The Kier molecular flexibility index (Phi) is 6.85. The molecule has 0 aliphatic carbocycles. The Morgan fingerprint density at radius 1 is 0.903 bits per heavy atom. The van der Waals surface area contributed by atoms with Crippen molar-refractivity contribution in [2.45, 2.75) is 20.0 Å². The van der Waals surface area contributed by atoms with E-state index in [-0.39, 0.29) is 5.91 Å². The third-order valence-electron chi connectivity index (χ3n) is 4.80. The number of amides is 1. The number of benzene rings is 3. The summed E-state index contributed by atoms with van der Waals surface area (Å²) in [5.41, 5.74) is 3.15. The van der Waals surface area contributed by atoms with Crippen LogP contribution in [-0.4, -0.2) is 22.6 Å². The van der Waals surface area contributed by atoms with Gasteiger partial charge in [-0.1, -0.05) is 72.8 Å². The minimum absolute atomic E-state index is 0.0189. The number of hydrogen-bond acceptors (Lipinski definition) is 4. The van der Waals surface area contributed by atoms with Crippen molar-refractivity contribution in [1.82, 2.24) is 4.90 Å². The third-order valence-corrected chi connectivity index (χ3v) is 5.84. The molecule has 1 aliphatic rings. The van der Waals surface area contributed by atoms with Crippen LogP contribution in [0.3, 0.4) is 0 Å². The molecule has 0 bridgehead atoms. The number of aliphatic imine (C=N–C) groups is 1. The average Bonchev–Trinajstić information content (AvgIpc) is 3.09. The van der Waals surface area contributed by atoms with Crippen LogP contribution >= 0.6 is 11.8 Å². The fourth-order valence-electron chi connectivity index (χ4n) is 3.25. The number of thioether (sulfide) groups is 1. The largest absolute Gasteiger partial charge is 0.494 e. The summed E-state index contributed by atoms with van der Waals surface area (Å²) in [6.45, 7) is 3.63. The summed E-state index contributed by atoms with van der Waals surface area (Å²) in [5, 5.41) is 0.731. The summed E-state index contributed by atoms with van der Waals surface area (Å²) < 4.78 is 5.51. The van der Waals surface area contributed by atoms with Crippen molar-refractivity contribution in [2.75, 3.05) is 6.61 Å². The van der Waals surface area contributed by atoms with Gasteiger partial charge in [0.15, 0.2) is 5.17 Å². The molecule has 0 aromatic heterocycles. The van der Waals surface area contributed by atoms with Crippen LogP contribution in [0.25, 0.3) is 6.08 Å². The summed E-state index contributed by atoms with van der Waals surface area (Å²) in [6.07, 6.45) is 1.92. The average molecular weight is 429 g/mol. The lowest BCUT2D eigenvalue weighted by Gasteiger charge is -2.15. The van der Waals surface area contributed by atoms with Gasteiger partial charge in [-0.15, -0.1) is 0 Å². The number of hydrogen-bond donors (Lipinski definition) is 0. The van der Waals surface area contributed by atoms with Crippen LogP contribution in [0.4, 0.5) is 0 Å². The quantitative estimate of drug-likeness (QED) is 0.450. The lowest BCUT2D eigenvalue weighted by Crippen LogP contribution is -2.28. The molecule has 1 fully saturated rings. The normalized spacial score (nSPS) is 16.3. The van der Waals surface area contributed by atoms with Gasteiger partial charge in [-0.05, 0) is 53.6 Å². The fraction of sp³-hybridized carbons (Fsp3) is 0.154. The molecular weight excluding hydrogens is 404 g/mol. The summed E-state index contributed by atoms with van der Waals surface area (Å²) >= 11 is 1.43. The van der Waals surface area contributed by atoms with Gasteiger partial charge >= 0.3 is 0 Å². The highest BCUT2D eigenvalue weighted by molar-refractivity contribution is 8.18. The molecule has 0 atom stereocenters. The van der Waals surface area contributed by atoms with Crippen molar-refractivity contribution >= 4 is 28.9 Å². The highest BCUT2D eigenvalue weighted by Crippen LogP contribution is 2.34. The van der Waals surface area contributed by atoms with Crippen LogP contribution in [-0.2, 0) is 17.9 Å². The molecule has 156 valence electrons. The molecular formula is C26H24N2O2S. The van der Waals surface area contributed by atoms with E-state index in [0.717, 1.165) is 27.6 Å². The Balaban J connectivity index is 1.59. The molecule has 3 aromatic rings. The van der Waals surface area contributed by atoms with Gasteiger partial charge in [-0.25, -0.2) is 0 Å². The molecule has 5 heteroatoms. The van der Waals surface area contributed by atoms with E-state index >= 15 is 0 Å². The molecule has 1 saturated heterocycles. The molecule has 0 saturated carbocycles. The highest BCUT2D eigenvalue weighted by atomic mass is 32.2. The van der Waals surface area contributed by atoms with Gasteiger partial charge in [-0.3, -0.25) is 14.7 Å². The van der Waals surface area contributed by atoms with Crippen LogP contribution in [0.2, 0.25) is 0 Å². The van der Waals surface area contributed by atoms with Gasteiger partial charge in [0.2, 0.25) is 0 Å². The number of ether oxygens (including phenoxy) is 1. The zero-order valence-electron chi connectivity index (χ0n) is 17.4. The smallest absolute Gasteiger partial charge is 0.267 e. The van der Waals surface area contributed by atoms with Crippen molar-refractivity contribution in [3.8, 4) is 5.75 Å². The Bertz CT molecular complexity index is 1080. The summed E-state index contributed by atoms with van der Waals surface area (Å²) in [6, 6.07) is 27.9. The maximum atomic E-state index is 13.2. The van der Waals surface area contributed by atoms with E-state index in [2.05, 4.69) is 0 Å². The first-order valence-corrected chi connectivity index (χ1v) is 11.1. The van der Waals surface area contributed by atoms with Gasteiger partial charge in [0.1, 0.15) is 5.75 Å². The predicted octanol–water partition coefficient (Wildman–Crippen LogP) is 5.76. The van der Waals surface area contributed by atoms with E-state index in [4.69, 9.17) is 9.73 Å². The van der Waals surface area contributed by atoms with Crippen LogP contribution in [0.1, 0.15) is 23.6 Å². The molecule has 4 rings (SSSR count). The molecule has 1 amide bonds. The molecule has 0 N–H and O–H groups in total. The summed E-state index contributed by atoms with van der Waals surface area (Å²) in [4.78, 5) is 20.5. The van der Waals surface area contributed by atoms with Gasteiger partial charge in [0.05, 0.1) is 24.6 Å². The second-order valence-corrected chi connectivity index (χ2v) is 8.08. The van der Waals surface area contributed by atoms with Crippen molar-refractivity contribution < 1.29 is 9.53 Å². The minimum Gasteiger partial charge on any atom is -0.494 e. The molecule has 4 nitrogen and oxygen atoms in total. The lowest BCUT2D eigenvalue weighted by molar-refractivity contribution is -0.122. The number of amidine groups is 1. The molecule has 0 unspecified atom stereocenters. The van der Waals surface area contributed by atoms with Crippen molar-refractivity contribution in [2.24, 2.45) is 4.99 Å². The molecule has 3 aromatic carbocycles. The van der Waals surface area contributed by atoms with Crippen LogP contribution in [0, 0.1) is 0 Å². The summed E-state index contributed by atoms with van der Waals surface area (Å²) in [5.74, 6) is 0.806. The maximum absolute atomic E-state index is 13.2. The minimum atomic E-state index is -0.0189. The standard InChI is InChI=1S/C26H24N2O2S/c1-2-30-23-15-13-20(14-16-23)17-24-25(29)28(19-22-11-7-4-8-12-22)26(31-24)27-18-21-9-5-3-6-10-21/h3-17H,2,18-19H2,1H3/b24-17+,27-26?. The van der Waals surface area contributed by atoms with Crippen LogP contribution in [0.15, 0.2) is 94.8 Å². The lowest BCUT2D eigenvalue weighted by atomic mass is 10.2. The molecule has 1 aliphatic heterocycles. The van der Waals surface area contributed by atoms with E-state index < -0.39 is 0 Å². The topological polar surface area (TPSA) is 41.9 Å². The van der Waals surface area contributed by atoms with E-state index in [1.54, 1.807) is 4.90 Å². The second-order valence-electron chi connectivity index (χ2n) is 7.07. The zero-order chi connectivity index (χ0) is 21.5. The molecule has 31 heavy (non-hydrogen) atoms. The van der Waals surface area contributed by atoms with E-state index in [1.807, 2.05) is 97.9 Å². The van der Waals surface area contributed by atoms with Crippen LogP contribution < -0.4 is 4.74 Å². The Morgan fingerprint density at radius 3 is 2.19 bits per heavy atom. The maximum Gasteiger partial charge on any atom is 0.267 e. The van der Waals surface area contributed by atoms with Crippen molar-refractivity contribution in [3.63, 3.8) is 0 Å². The van der Waals surface area contributed by atoms with Crippen molar-refractivity contribution in [1.29, 1.82) is 0 Å². The Morgan fingerprint density at radius 2 is 1.55 bits per heavy atom. The zero-order valence-corrected chi connectivity index (χ0v) is 18.2. The molecule has 0 radical (unpaired) electrons. The first kappa shape index (κ1) is 20.9. The van der Waals surface area contributed by atoms with Gasteiger partial charge in [0.25, 0.3) is 5.91 Å². The number of rotatable bonds is 7. The highest BCUT2D eigenvalue weighted by Gasteiger charge is 2.33. The first-order chi connectivity index (χ1) is 15.2. The van der Waals surface area contributed by atoms with Crippen molar-refractivity contribution in [3.05, 3.63) is 107 Å². The first-order valence-electron chi connectivity index (χ1n) is 10.3. The number of nitrogens with zero attached hydrogens (tertiary/aromatic N) is 2. The third kappa shape index (κ3) is 5.44. The van der Waals surface area contributed by atoms with E-state index in [0.29, 0.717) is 24.6 Å².